The second-order valence-electron chi connectivity index (χ2n) is 8.43. The van der Waals surface area contributed by atoms with E-state index in [1.165, 1.54) is 30.6 Å². The molecule has 1 fully saturated rings. The number of halogens is 3. The first kappa shape index (κ1) is 25.9. The standard InChI is InChI=1S/C25H25F3N6O3/c1-29-23-31-13-17(14-32-23)21(35)34-24(10-11-37-15-24)22(36)30-12-16-6-8-18(9-7-16)33-20-5-3-2-4-19(20)25(26,27)28/h2-9,13-14,33H,10-12,15H2,1H3,(H,30,36)(H,34,35)(H,29,31,32). The lowest BCUT2D eigenvalue weighted by Gasteiger charge is -2.27. The quantitative estimate of drug-likeness (QED) is 0.364. The summed E-state index contributed by atoms with van der Waals surface area (Å²) in [5.41, 5.74) is -0.677. The van der Waals surface area contributed by atoms with Gasteiger partial charge in [0, 0.05) is 44.7 Å². The Hall–Kier alpha value is -4.19. The Morgan fingerprint density at radius 3 is 2.38 bits per heavy atom. The summed E-state index contributed by atoms with van der Waals surface area (Å²) >= 11 is 0. The topological polar surface area (TPSA) is 117 Å². The highest BCUT2D eigenvalue weighted by Crippen LogP contribution is 2.35. The highest BCUT2D eigenvalue weighted by Gasteiger charge is 2.43. The van der Waals surface area contributed by atoms with Crippen molar-refractivity contribution in [2.24, 2.45) is 0 Å². The van der Waals surface area contributed by atoms with E-state index in [0.29, 0.717) is 24.7 Å². The van der Waals surface area contributed by atoms with Crippen LogP contribution in [0.4, 0.5) is 30.5 Å². The number of rotatable bonds is 8. The van der Waals surface area contributed by atoms with E-state index in [1.807, 2.05) is 0 Å². The maximum atomic E-state index is 13.2. The minimum absolute atomic E-state index is 0.0154. The fourth-order valence-corrected chi connectivity index (χ4v) is 3.82. The zero-order chi connectivity index (χ0) is 26.5. The molecular formula is C25H25F3N6O3. The number of anilines is 3. The Morgan fingerprint density at radius 2 is 1.76 bits per heavy atom. The van der Waals surface area contributed by atoms with Crippen LogP contribution in [-0.4, -0.2) is 47.6 Å². The molecule has 0 spiro atoms. The monoisotopic (exact) mass is 514 g/mol. The average Bonchev–Trinajstić information content (AvgIpc) is 3.37. The molecule has 0 radical (unpaired) electrons. The van der Waals surface area contributed by atoms with E-state index in [0.717, 1.165) is 11.6 Å². The molecule has 1 aliphatic rings. The second-order valence-corrected chi connectivity index (χ2v) is 8.43. The van der Waals surface area contributed by atoms with Crippen LogP contribution in [0.5, 0.6) is 0 Å². The first-order valence-corrected chi connectivity index (χ1v) is 11.4. The first-order valence-electron chi connectivity index (χ1n) is 11.4. The Kier molecular flexibility index (Phi) is 7.58. The highest BCUT2D eigenvalue weighted by molar-refractivity contribution is 5.99. The summed E-state index contributed by atoms with van der Waals surface area (Å²) in [6.07, 6.45) is -1.47. The van der Waals surface area contributed by atoms with Crippen LogP contribution in [0.2, 0.25) is 0 Å². The number of nitrogens with one attached hydrogen (secondary N) is 4. The van der Waals surface area contributed by atoms with Crippen LogP contribution in [0, 0.1) is 0 Å². The van der Waals surface area contributed by atoms with Gasteiger partial charge in [-0.05, 0) is 29.8 Å². The van der Waals surface area contributed by atoms with Crippen molar-refractivity contribution in [3.05, 3.63) is 77.6 Å². The third-order valence-corrected chi connectivity index (χ3v) is 5.87. The van der Waals surface area contributed by atoms with Gasteiger partial charge in [-0.3, -0.25) is 9.59 Å². The van der Waals surface area contributed by atoms with Crippen molar-refractivity contribution in [2.75, 3.05) is 30.9 Å². The van der Waals surface area contributed by atoms with Crippen molar-refractivity contribution in [1.29, 1.82) is 0 Å². The summed E-state index contributed by atoms with van der Waals surface area (Å²) in [6.45, 7) is 0.472. The van der Waals surface area contributed by atoms with E-state index in [4.69, 9.17) is 4.74 Å². The number of alkyl halides is 3. The predicted molar refractivity (Wildman–Crippen MR) is 130 cm³/mol. The fraction of sp³-hybridized carbons (Fsp3) is 0.280. The van der Waals surface area contributed by atoms with E-state index >= 15 is 0 Å². The minimum Gasteiger partial charge on any atom is -0.378 e. The van der Waals surface area contributed by atoms with Crippen molar-refractivity contribution >= 4 is 29.1 Å². The molecule has 1 saturated heterocycles. The van der Waals surface area contributed by atoms with Gasteiger partial charge in [-0.1, -0.05) is 24.3 Å². The summed E-state index contributed by atoms with van der Waals surface area (Å²) in [4.78, 5) is 33.8. The molecular weight excluding hydrogens is 489 g/mol. The Morgan fingerprint density at radius 1 is 1.05 bits per heavy atom. The average molecular weight is 515 g/mol. The van der Waals surface area contributed by atoms with Crippen LogP contribution in [0.1, 0.15) is 27.9 Å². The summed E-state index contributed by atoms with van der Waals surface area (Å²) < 4.78 is 45.1. The summed E-state index contributed by atoms with van der Waals surface area (Å²) in [7, 11) is 1.65. The summed E-state index contributed by atoms with van der Waals surface area (Å²) in [6, 6.07) is 11.9. The zero-order valence-electron chi connectivity index (χ0n) is 19.9. The second kappa shape index (κ2) is 10.8. The Labute approximate surface area is 210 Å². The number of benzene rings is 2. The van der Waals surface area contributed by atoms with E-state index in [-0.39, 0.29) is 24.4 Å². The van der Waals surface area contributed by atoms with Crippen LogP contribution in [0.3, 0.4) is 0 Å². The molecule has 0 bridgehead atoms. The van der Waals surface area contributed by atoms with Crippen molar-refractivity contribution in [2.45, 2.75) is 24.7 Å². The largest absolute Gasteiger partial charge is 0.418 e. The maximum absolute atomic E-state index is 13.2. The van der Waals surface area contributed by atoms with Gasteiger partial charge in [0.05, 0.1) is 23.4 Å². The minimum atomic E-state index is -4.48. The smallest absolute Gasteiger partial charge is 0.378 e. The van der Waals surface area contributed by atoms with Crippen LogP contribution in [0.25, 0.3) is 0 Å². The Bertz CT molecular complexity index is 1240. The number of nitrogens with zero attached hydrogens (tertiary/aromatic N) is 2. The molecule has 1 aliphatic heterocycles. The fourth-order valence-electron chi connectivity index (χ4n) is 3.82. The molecule has 194 valence electrons. The summed E-state index contributed by atoms with van der Waals surface area (Å²) in [5.74, 6) is -0.552. The van der Waals surface area contributed by atoms with E-state index in [9.17, 15) is 22.8 Å². The highest BCUT2D eigenvalue weighted by atomic mass is 19.4. The third-order valence-electron chi connectivity index (χ3n) is 5.87. The first-order chi connectivity index (χ1) is 17.7. The van der Waals surface area contributed by atoms with Crippen LogP contribution >= 0.6 is 0 Å². The molecule has 9 nitrogen and oxygen atoms in total. The number of carbonyl (C=O) groups excluding carboxylic acids is 2. The van der Waals surface area contributed by atoms with Gasteiger partial charge in [-0.25, -0.2) is 9.97 Å². The molecule has 0 aliphatic carbocycles. The SMILES string of the molecule is CNc1ncc(C(=O)NC2(C(=O)NCc3ccc(Nc4ccccc4C(F)(F)F)cc3)CCOC2)cn1. The number of para-hydroxylation sites is 1. The van der Waals surface area contributed by atoms with E-state index in [1.54, 1.807) is 31.3 Å². The molecule has 2 amide bonds. The number of carbonyl (C=O) groups is 2. The molecule has 4 N–H and O–H groups in total. The van der Waals surface area contributed by atoms with E-state index < -0.39 is 29.1 Å². The molecule has 12 heteroatoms. The lowest BCUT2D eigenvalue weighted by molar-refractivity contribution is -0.137. The predicted octanol–water partition coefficient (Wildman–Crippen LogP) is 3.49. The van der Waals surface area contributed by atoms with Crippen molar-refractivity contribution in [3.8, 4) is 0 Å². The maximum Gasteiger partial charge on any atom is 0.418 e. The summed E-state index contributed by atoms with van der Waals surface area (Å²) in [5, 5.41) is 11.1. The van der Waals surface area contributed by atoms with Gasteiger partial charge in [-0.2, -0.15) is 13.2 Å². The van der Waals surface area contributed by atoms with Crippen LogP contribution in [0.15, 0.2) is 60.9 Å². The third kappa shape index (κ3) is 6.15. The molecule has 1 aromatic heterocycles. The molecule has 1 atom stereocenters. The van der Waals surface area contributed by atoms with E-state index in [2.05, 4.69) is 31.2 Å². The number of amides is 2. The molecule has 2 heterocycles. The lowest BCUT2D eigenvalue weighted by Crippen LogP contribution is -2.59. The number of ether oxygens (including phenoxy) is 1. The van der Waals surface area contributed by atoms with Gasteiger partial charge in [0.1, 0.15) is 5.54 Å². The zero-order valence-corrected chi connectivity index (χ0v) is 19.9. The van der Waals surface area contributed by atoms with Crippen molar-refractivity contribution in [3.63, 3.8) is 0 Å². The molecule has 1 unspecified atom stereocenters. The van der Waals surface area contributed by atoms with Gasteiger partial charge < -0.3 is 26.0 Å². The van der Waals surface area contributed by atoms with Gasteiger partial charge >= 0.3 is 6.18 Å². The van der Waals surface area contributed by atoms with Crippen LogP contribution in [-0.2, 0) is 22.3 Å². The van der Waals surface area contributed by atoms with Gasteiger partial charge in [0.2, 0.25) is 11.9 Å². The molecule has 37 heavy (non-hydrogen) atoms. The van der Waals surface area contributed by atoms with Gasteiger partial charge in [0.15, 0.2) is 0 Å². The number of aromatic nitrogens is 2. The normalized spacial score (nSPS) is 17.2. The van der Waals surface area contributed by atoms with Gasteiger partial charge in [0.25, 0.3) is 5.91 Å². The van der Waals surface area contributed by atoms with Crippen LogP contribution < -0.4 is 21.3 Å². The molecule has 4 rings (SSSR count). The molecule has 3 aromatic rings. The van der Waals surface area contributed by atoms with Crippen molar-refractivity contribution in [1.82, 2.24) is 20.6 Å². The number of hydrogen-bond donors (Lipinski definition) is 4. The number of hydrogen-bond acceptors (Lipinski definition) is 7. The van der Waals surface area contributed by atoms with Gasteiger partial charge in [-0.15, -0.1) is 0 Å². The van der Waals surface area contributed by atoms with Crippen molar-refractivity contribution < 1.29 is 27.5 Å². The molecule has 0 saturated carbocycles. The molecule has 2 aromatic carbocycles. The Balaban J connectivity index is 1.38. The lowest BCUT2D eigenvalue weighted by atomic mass is 9.96.